The van der Waals surface area contributed by atoms with Crippen LogP contribution in [0.15, 0.2) is 53.9 Å². The lowest BCUT2D eigenvalue weighted by molar-refractivity contribution is -0.137. The van der Waals surface area contributed by atoms with Crippen LogP contribution in [0.1, 0.15) is 28.0 Å². The van der Waals surface area contributed by atoms with Crippen molar-refractivity contribution in [2.45, 2.75) is 19.1 Å². The number of alkyl halides is 3. The molecule has 0 saturated carbocycles. The van der Waals surface area contributed by atoms with Crippen molar-refractivity contribution in [1.82, 2.24) is 15.2 Å². The number of aromatic nitrogens is 1. The van der Waals surface area contributed by atoms with Crippen molar-refractivity contribution in [3.05, 3.63) is 70.7 Å². The Balaban J connectivity index is 1.58. The van der Waals surface area contributed by atoms with Crippen molar-refractivity contribution in [3.63, 3.8) is 0 Å². The molecule has 3 aromatic rings. The van der Waals surface area contributed by atoms with Gasteiger partial charge in [0.25, 0.3) is 5.91 Å². The maximum atomic E-state index is 13.1. The fourth-order valence-corrected chi connectivity index (χ4v) is 4.05. The molecule has 0 aliphatic heterocycles. The number of thiazole rings is 1. The van der Waals surface area contributed by atoms with Gasteiger partial charge in [-0.2, -0.15) is 13.2 Å². The summed E-state index contributed by atoms with van der Waals surface area (Å²) in [5.41, 5.74) is 0.460. The van der Waals surface area contributed by atoms with Gasteiger partial charge in [0.05, 0.1) is 25.0 Å². The SMILES string of the molecule is COCCN(CCC(=O)NCc1cccc(C(F)(F)F)c1)C(=O)c1csc(Nc2ccccc2OC)n1. The first-order chi connectivity index (χ1) is 17.7. The molecule has 12 heteroatoms. The molecule has 8 nitrogen and oxygen atoms in total. The van der Waals surface area contributed by atoms with E-state index in [0.29, 0.717) is 22.1 Å². The number of hydrogen-bond acceptors (Lipinski definition) is 7. The molecule has 2 amide bonds. The highest BCUT2D eigenvalue weighted by Gasteiger charge is 2.30. The Bertz CT molecular complexity index is 1200. The van der Waals surface area contributed by atoms with Crippen LogP contribution in [0.5, 0.6) is 5.75 Å². The number of anilines is 2. The van der Waals surface area contributed by atoms with Crippen LogP contribution < -0.4 is 15.4 Å². The Morgan fingerprint density at radius 2 is 1.86 bits per heavy atom. The molecule has 0 saturated heterocycles. The van der Waals surface area contributed by atoms with Crippen LogP contribution in [-0.4, -0.2) is 55.6 Å². The van der Waals surface area contributed by atoms with Gasteiger partial charge >= 0.3 is 6.18 Å². The van der Waals surface area contributed by atoms with Crippen LogP contribution in [0.3, 0.4) is 0 Å². The van der Waals surface area contributed by atoms with E-state index in [9.17, 15) is 22.8 Å². The highest BCUT2D eigenvalue weighted by molar-refractivity contribution is 7.14. The Labute approximate surface area is 216 Å². The first-order valence-corrected chi connectivity index (χ1v) is 12.2. The number of para-hydroxylation sites is 2. The molecule has 0 radical (unpaired) electrons. The van der Waals surface area contributed by atoms with Gasteiger partial charge < -0.3 is 25.0 Å². The van der Waals surface area contributed by atoms with Crippen molar-refractivity contribution in [2.75, 3.05) is 39.2 Å². The van der Waals surface area contributed by atoms with Crippen molar-refractivity contribution in [2.24, 2.45) is 0 Å². The number of rotatable bonds is 12. The zero-order chi connectivity index (χ0) is 26.8. The molecule has 0 unspecified atom stereocenters. The van der Waals surface area contributed by atoms with Crippen LogP contribution in [0.25, 0.3) is 0 Å². The van der Waals surface area contributed by atoms with Crippen molar-refractivity contribution >= 4 is 34.0 Å². The lowest BCUT2D eigenvalue weighted by Crippen LogP contribution is -2.37. The number of benzene rings is 2. The average molecular weight is 537 g/mol. The molecule has 0 spiro atoms. The second kappa shape index (κ2) is 13.1. The van der Waals surface area contributed by atoms with Crippen LogP contribution in [-0.2, 0) is 22.3 Å². The molecule has 3 rings (SSSR count). The van der Waals surface area contributed by atoms with Gasteiger partial charge in [0.1, 0.15) is 11.4 Å². The van der Waals surface area contributed by atoms with Crippen molar-refractivity contribution < 1.29 is 32.2 Å². The van der Waals surface area contributed by atoms with E-state index in [2.05, 4.69) is 15.6 Å². The van der Waals surface area contributed by atoms with E-state index in [1.165, 1.54) is 35.5 Å². The summed E-state index contributed by atoms with van der Waals surface area (Å²) in [4.78, 5) is 31.3. The predicted octanol–water partition coefficient (Wildman–Crippen LogP) is 4.71. The third kappa shape index (κ3) is 8.19. The number of nitrogens with one attached hydrogen (secondary N) is 2. The average Bonchev–Trinajstić information content (AvgIpc) is 3.35. The van der Waals surface area contributed by atoms with E-state index in [-0.39, 0.29) is 44.3 Å². The summed E-state index contributed by atoms with van der Waals surface area (Å²) >= 11 is 1.25. The number of halogens is 3. The van der Waals surface area contributed by atoms with E-state index in [4.69, 9.17) is 9.47 Å². The second-order valence-corrected chi connectivity index (χ2v) is 8.73. The summed E-state index contributed by atoms with van der Waals surface area (Å²) < 4.78 is 49.1. The molecule has 0 bridgehead atoms. The molecule has 0 fully saturated rings. The summed E-state index contributed by atoms with van der Waals surface area (Å²) in [6, 6.07) is 12.1. The molecule has 37 heavy (non-hydrogen) atoms. The molecule has 2 aromatic carbocycles. The van der Waals surface area contributed by atoms with Crippen LogP contribution in [0, 0.1) is 0 Å². The van der Waals surface area contributed by atoms with Gasteiger partial charge in [0.15, 0.2) is 5.13 Å². The van der Waals surface area contributed by atoms with E-state index < -0.39 is 17.6 Å². The van der Waals surface area contributed by atoms with E-state index >= 15 is 0 Å². The molecule has 0 aliphatic rings. The van der Waals surface area contributed by atoms with E-state index in [0.717, 1.165) is 12.1 Å². The molecule has 0 aliphatic carbocycles. The summed E-state index contributed by atoms with van der Waals surface area (Å²) in [7, 11) is 3.06. The minimum absolute atomic E-state index is 0.0368. The first kappa shape index (κ1) is 27.9. The monoisotopic (exact) mass is 536 g/mol. The van der Waals surface area contributed by atoms with Gasteiger partial charge in [-0.05, 0) is 29.8 Å². The third-order valence-electron chi connectivity index (χ3n) is 5.28. The number of carbonyl (C=O) groups excluding carboxylic acids is 2. The third-order valence-corrected chi connectivity index (χ3v) is 6.03. The minimum atomic E-state index is -4.46. The fraction of sp³-hybridized carbons (Fsp3) is 0.320. The van der Waals surface area contributed by atoms with E-state index in [1.54, 1.807) is 18.6 Å². The Kier molecular flexibility index (Phi) is 9.86. The fourth-order valence-electron chi connectivity index (χ4n) is 3.35. The van der Waals surface area contributed by atoms with Gasteiger partial charge in [0.2, 0.25) is 5.91 Å². The Hall–Kier alpha value is -3.64. The molecule has 1 aromatic heterocycles. The smallest absolute Gasteiger partial charge is 0.416 e. The van der Waals surface area contributed by atoms with Gasteiger partial charge in [-0.25, -0.2) is 4.98 Å². The predicted molar refractivity (Wildman–Crippen MR) is 134 cm³/mol. The summed E-state index contributed by atoms with van der Waals surface area (Å²) in [6.45, 7) is 0.527. The largest absolute Gasteiger partial charge is 0.495 e. The van der Waals surface area contributed by atoms with Crippen molar-refractivity contribution in [3.8, 4) is 5.75 Å². The minimum Gasteiger partial charge on any atom is -0.495 e. The van der Waals surface area contributed by atoms with Gasteiger partial charge in [0, 0.05) is 38.5 Å². The normalized spacial score (nSPS) is 11.2. The van der Waals surface area contributed by atoms with Crippen LogP contribution in [0.2, 0.25) is 0 Å². The van der Waals surface area contributed by atoms with Crippen LogP contribution >= 0.6 is 11.3 Å². The van der Waals surface area contributed by atoms with Gasteiger partial charge in [-0.3, -0.25) is 9.59 Å². The first-order valence-electron chi connectivity index (χ1n) is 11.3. The topological polar surface area (TPSA) is 92.8 Å². The molecular formula is C25H27F3N4O4S. The zero-order valence-corrected chi connectivity index (χ0v) is 21.1. The summed E-state index contributed by atoms with van der Waals surface area (Å²) in [5.74, 6) is -0.139. The quantitative estimate of drug-likeness (QED) is 0.348. The van der Waals surface area contributed by atoms with Gasteiger partial charge in [-0.1, -0.05) is 24.3 Å². The number of amides is 2. The maximum Gasteiger partial charge on any atom is 0.416 e. The molecular weight excluding hydrogens is 509 g/mol. The zero-order valence-electron chi connectivity index (χ0n) is 20.3. The number of ether oxygens (including phenoxy) is 2. The standard InChI is InChI=1S/C25H27F3N4O4S/c1-35-13-12-32(11-10-22(33)29-15-17-6-5-7-18(14-17)25(26,27)28)23(34)20-16-37-24(31-20)30-19-8-3-4-9-21(19)36-2/h3-9,14,16H,10-13,15H2,1-2H3,(H,29,33)(H,30,31). The summed E-state index contributed by atoms with van der Waals surface area (Å²) in [6.07, 6.45) is -4.49. The lowest BCUT2D eigenvalue weighted by Gasteiger charge is -2.21. The molecule has 0 atom stereocenters. The number of methoxy groups -OCH3 is 2. The molecule has 198 valence electrons. The van der Waals surface area contributed by atoms with Crippen LogP contribution in [0.4, 0.5) is 24.0 Å². The number of hydrogen-bond donors (Lipinski definition) is 2. The van der Waals surface area contributed by atoms with Crippen molar-refractivity contribution in [1.29, 1.82) is 0 Å². The van der Waals surface area contributed by atoms with E-state index in [1.807, 2.05) is 18.2 Å². The molecule has 1 heterocycles. The highest BCUT2D eigenvalue weighted by Crippen LogP contribution is 2.30. The second-order valence-electron chi connectivity index (χ2n) is 7.87. The lowest BCUT2D eigenvalue weighted by atomic mass is 10.1. The van der Waals surface area contributed by atoms with Gasteiger partial charge in [-0.15, -0.1) is 11.3 Å². The Morgan fingerprint density at radius 1 is 1.08 bits per heavy atom. The number of carbonyl (C=O) groups is 2. The number of nitrogens with zero attached hydrogens (tertiary/aromatic N) is 2. The summed E-state index contributed by atoms with van der Waals surface area (Å²) in [5, 5.41) is 7.85. The molecule has 2 N–H and O–H groups in total. The highest BCUT2D eigenvalue weighted by atomic mass is 32.1. The Morgan fingerprint density at radius 3 is 2.59 bits per heavy atom. The maximum absolute atomic E-state index is 13.1.